The molecule has 0 aromatic carbocycles. The van der Waals surface area contributed by atoms with Crippen LogP contribution in [0.1, 0.15) is 40.0 Å². The van der Waals surface area contributed by atoms with E-state index in [-0.39, 0.29) is 0 Å². The molecule has 0 spiro atoms. The highest BCUT2D eigenvalue weighted by molar-refractivity contribution is 4.47. The second kappa shape index (κ2) is 5.58. The minimum atomic E-state index is 0.872. The highest BCUT2D eigenvalue weighted by Gasteiger charge is 2.16. The normalized spacial score (nSPS) is 14.8. The molecule has 1 unspecified atom stereocenters. The van der Waals surface area contributed by atoms with Crippen molar-refractivity contribution < 1.29 is 4.48 Å². The highest BCUT2D eigenvalue weighted by Crippen LogP contribution is 2.09. The minimum absolute atomic E-state index is 0.872. The summed E-state index contributed by atoms with van der Waals surface area (Å²) in [4.78, 5) is 0. The standard InChI is InChI=1S/C11H26N/c1-6-8-9-12(4,5)10-11(3)7-2/h11H,6-10H2,1-5H3/q+1. The summed E-state index contributed by atoms with van der Waals surface area (Å²) in [5.74, 6) is 0.872. The van der Waals surface area contributed by atoms with Gasteiger partial charge >= 0.3 is 0 Å². The van der Waals surface area contributed by atoms with E-state index >= 15 is 0 Å². The van der Waals surface area contributed by atoms with Gasteiger partial charge in [-0.1, -0.05) is 27.2 Å². The van der Waals surface area contributed by atoms with E-state index in [1.54, 1.807) is 0 Å². The first kappa shape index (κ1) is 12.0. The largest absolute Gasteiger partial charge is 0.328 e. The maximum Gasteiger partial charge on any atom is 0.0808 e. The van der Waals surface area contributed by atoms with Crippen molar-refractivity contribution in [3.8, 4) is 0 Å². The van der Waals surface area contributed by atoms with Gasteiger partial charge < -0.3 is 4.48 Å². The molecule has 0 aliphatic rings. The van der Waals surface area contributed by atoms with E-state index in [1.807, 2.05) is 0 Å². The molecular weight excluding hydrogens is 146 g/mol. The van der Waals surface area contributed by atoms with Crippen molar-refractivity contribution in [1.82, 2.24) is 0 Å². The van der Waals surface area contributed by atoms with Crippen LogP contribution >= 0.6 is 0 Å². The van der Waals surface area contributed by atoms with Crippen LogP contribution in [0.25, 0.3) is 0 Å². The van der Waals surface area contributed by atoms with Crippen LogP contribution in [0.3, 0.4) is 0 Å². The monoisotopic (exact) mass is 172 g/mol. The lowest BCUT2D eigenvalue weighted by Crippen LogP contribution is -2.43. The summed E-state index contributed by atoms with van der Waals surface area (Å²) in [6, 6.07) is 0. The van der Waals surface area contributed by atoms with Crippen LogP contribution in [0.15, 0.2) is 0 Å². The Balaban J connectivity index is 3.69. The van der Waals surface area contributed by atoms with Crippen LogP contribution in [0, 0.1) is 5.92 Å². The molecule has 0 bridgehead atoms. The van der Waals surface area contributed by atoms with E-state index < -0.39 is 0 Å². The molecule has 1 atom stereocenters. The molecule has 74 valence electrons. The predicted octanol–water partition coefficient (Wildman–Crippen LogP) is 2.91. The average molecular weight is 172 g/mol. The summed E-state index contributed by atoms with van der Waals surface area (Å²) >= 11 is 0. The van der Waals surface area contributed by atoms with Crippen molar-refractivity contribution in [3.05, 3.63) is 0 Å². The number of nitrogens with zero attached hydrogens (tertiary/aromatic N) is 1. The maximum atomic E-state index is 2.35. The van der Waals surface area contributed by atoms with Crippen molar-refractivity contribution in [2.24, 2.45) is 5.92 Å². The summed E-state index contributed by atoms with van der Waals surface area (Å²) in [5.41, 5.74) is 0. The van der Waals surface area contributed by atoms with Crippen LogP contribution in [0.2, 0.25) is 0 Å². The second-order valence-corrected chi connectivity index (χ2v) is 4.71. The van der Waals surface area contributed by atoms with Gasteiger partial charge in [0.05, 0.1) is 27.2 Å². The lowest BCUT2D eigenvalue weighted by atomic mass is 10.1. The summed E-state index contributed by atoms with van der Waals surface area (Å²) in [5, 5.41) is 0. The number of rotatable bonds is 6. The first-order chi connectivity index (χ1) is 5.52. The average Bonchev–Trinajstić information content (AvgIpc) is 2.00. The third-order valence-electron chi connectivity index (χ3n) is 2.62. The Bertz CT molecular complexity index is 108. The molecule has 0 rings (SSSR count). The predicted molar refractivity (Wildman–Crippen MR) is 56.2 cm³/mol. The minimum Gasteiger partial charge on any atom is -0.328 e. The zero-order valence-corrected chi connectivity index (χ0v) is 9.56. The molecule has 0 fully saturated rings. The molecular formula is C11H26N+. The smallest absolute Gasteiger partial charge is 0.0808 e. The Labute approximate surface area is 78.4 Å². The van der Waals surface area contributed by atoms with Crippen LogP contribution in [0.4, 0.5) is 0 Å². The molecule has 1 nitrogen and oxygen atoms in total. The van der Waals surface area contributed by atoms with Gasteiger partial charge in [-0.05, 0) is 12.8 Å². The molecule has 0 saturated carbocycles. The first-order valence-electron chi connectivity index (χ1n) is 5.33. The highest BCUT2D eigenvalue weighted by atomic mass is 15.3. The molecule has 0 amide bonds. The molecule has 0 aliphatic heterocycles. The van der Waals surface area contributed by atoms with Gasteiger partial charge in [-0.15, -0.1) is 0 Å². The van der Waals surface area contributed by atoms with Crippen LogP contribution in [-0.2, 0) is 0 Å². The molecule has 0 aliphatic carbocycles. The topological polar surface area (TPSA) is 0 Å². The van der Waals surface area contributed by atoms with Gasteiger partial charge in [0, 0.05) is 5.92 Å². The number of hydrogen-bond donors (Lipinski definition) is 0. The third-order valence-corrected chi connectivity index (χ3v) is 2.62. The fourth-order valence-electron chi connectivity index (χ4n) is 1.65. The maximum absolute atomic E-state index is 2.35. The van der Waals surface area contributed by atoms with Gasteiger partial charge in [0.2, 0.25) is 0 Å². The SMILES string of the molecule is CCCC[N+](C)(C)CC(C)CC. The summed E-state index contributed by atoms with van der Waals surface area (Å²) < 4.78 is 1.20. The van der Waals surface area contributed by atoms with E-state index in [0.717, 1.165) is 5.92 Å². The Morgan fingerprint density at radius 2 is 1.75 bits per heavy atom. The van der Waals surface area contributed by atoms with Crippen molar-refractivity contribution in [1.29, 1.82) is 0 Å². The number of unbranched alkanes of at least 4 members (excludes halogenated alkanes) is 1. The zero-order valence-electron chi connectivity index (χ0n) is 9.56. The van der Waals surface area contributed by atoms with Crippen molar-refractivity contribution in [2.75, 3.05) is 27.2 Å². The zero-order chi connectivity index (χ0) is 9.61. The molecule has 0 saturated heterocycles. The fraction of sp³-hybridized carbons (Fsp3) is 1.00. The summed E-state index contributed by atoms with van der Waals surface area (Å²) in [6.45, 7) is 9.57. The molecule has 1 heteroatoms. The third kappa shape index (κ3) is 5.59. The number of quaternary nitrogens is 1. The van der Waals surface area contributed by atoms with E-state index in [2.05, 4.69) is 34.9 Å². The Kier molecular flexibility index (Phi) is 5.56. The number of hydrogen-bond acceptors (Lipinski definition) is 0. The van der Waals surface area contributed by atoms with E-state index in [1.165, 1.54) is 36.8 Å². The van der Waals surface area contributed by atoms with Gasteiger partial charge in [0.15, 0.2) is 0 Å². The van der Waals surface area contributed by atoms with Gasteiger partial charge in [0.1, 0.15) is 0 Å². The van der Waals surface area contributed by atoms with Crippen LogP contribution in [0.5, 0.6) is 0 Å². The molecule has 12 heavy (non-hydrogen) atoms. The molecule has 0 aromatic rings. The van der Waals surface area contributed by atoms with Crippen molar-refractivity contribution in [2.45, 2.75) is 40.0 Å². The van der Waals surface area contributed by atoms with Gasteiger partial charge in [-0.25, -0.2) is 0 Å². The molecule has 0 radical (unpaired) electrons. The fourth-order valence-corrected chi connectivity index (χ4v) is 1.65. The second-order valence-electron chi connectivity index (χ2n) is 4.71. The quantitative estimate of drug-likeness (QED) is 0.540. The summed E-state index contributed by atoms with van der Waals surface area (Å²) in [6.07, 6.45) is 4.00. The van der Waals surface area contributed by atoms with Gasteiger partial charge in [-0.3, -0.25) is 0 Å². The van der Waals surface area contributed by atoms with Crippen LogP contribution in [-0.4, -0.2) is 31.7 Å². The lowest BCUT2D eigenvalue weighted by molar-refractivity contribution is -0.893. The van der Waals surface area contributed by atoms with Crippen molar-refractivity contribution in [3.63, 3.8) is 0 Å². The Morgan fingerprint density at radius 3 is 2.17 bits per heavy atom. The molecule has 0 aromatic heterocycles. The Hall–Kier alpha value is -0.0400. The molecule has 0 N–H and O–H groups in total. The molecule has 0 heterocycles. The van der Waals surface area contributed by atoms with Gasteiger partial charge in [-0.2, -0.15) is 0 Å². The van der Waals surface area contributed by atoms with Crippen LogP contribution < -0.4 is 0 Å². The van der Waals surface area contributed by atoms with E-state index in [9.17, 15) is 0 Å². The Morgan fingerprint density at radius 1 is 1.17 bits per heavy atom. The van der Waals surface area contributed by atoms with E-state index in [0.29, 0.717) is 0 Å². The summed E-state index contributed by atoms with van der Waals surface area (Å²) in [7, 11) is 4.70. The lowest BCUT2D eigenvalue weighted by Gasteiger charge is -2.32. The van der Waals surface area contributed by atoms with E-state index in [4.69, 9.17) is 0 Å². The van der Waals surface area contributed by atoms with Crippen molar-refractivity contribution >= 4 is 0 Å². The van der Waals surface area contributed by atoms with Gasteiger partial charge in [0.25, 0.3) is 0 Å². The first-order valence-corrected chi connectivity index (χ1v) is 5.33.